The van der Waals surface area contributed by atoms with Gasteiger partial charge in [0, 0.05) is 6.61 Å². The zero-order valence-corrected chi connectivity index (χ0v) is 14.4. The van der Waals surface area contributed by atoms with Gasteiger partial charge in [0.2, 0.25) is 0 Å². The summed E-state index contributed by atoms with van der Waals surface area (Å²) in [5, 5.41) is 9.91. The van der Waals surface area contributed by atoms with Gasteiger partial charge in [-0.15, -0.1) is 0 Å². The maximum atomic E-state index is 12.8. The van der Waals surface area contributed by atoms with Gasteiger partial charge in [-0.1, -0.05) is 18.2 Å². The van der Waals surface area contributed by atoms with Crippen LogP contribution in [-0.2, 0) is 14.6 Å². The highest BCUT2D eigenvalue weighted by atomic mass is 32.2. The lowest BCUT2D eigenvalue weighted by atomic mass is 9.81. The van der Waals surface area contributed by atoms with E-state index in [1.165, 1.54) is 0 Å². The highest BCUT2D eigenvalue weighted by Crippen LogP contribution is 2.72. The fraction of sp³-hybridized carbons (Fsp3) is 0.667. The summed E-state index contributed by atoms with van der Waals surface area (Å²) in [5.41, 5.74) is -0.380. The van der Waals surface area contributed by atoms with Crippen LogP contribution in [0.3, 0.4) is 0 Å². The van der Waals surface area contributed by atoms with E-state index >= 15 is 0 Å². The Kier molecular flexibility index (Phi) is 3.26. The first-order chi connectivity index (χ1) is 10.8. The molecular formula is C18H24O4S. The van der Waals surface area contributed by atoms with E-state index in [9.17, 15) is 13.5 Å². The van der Waals surface area contributed by atoms with Crippen LogP contribution >= 0.6 is 0 Å². The molecule has 126 valence electrons. The van der Waals surface area contributed by atoms with Crippen LogP contribution in [0.1, 0.15) is 26.7 Å². The van der Waals surface area contributed by atoms with Gasteiger partial charge in [-0.3, -0.25) is 0 Å². The Balaban J connectivity index is 1.65. The number of epoxide rings is 1. The second-order valence-electron chi connectivity index (χ2n) is 7.80. The Hall–Kier alpha value is -0.910. The molecule has 0 amide bonds. The van der Waals surface area contributed by atoms with Gasteiger partial charge < -0.3 is 9.84 Å². The number of benzene rings is 1. The molecule has 1 heterocycles. The molecule has 5 atom stereocenters. The van der Waals surface area contributed by atoms with Crippen LogP contribution in [0.25, 0.3) is 0 Å². The van der Waals surface area contributed by atoms with Crippen molar-refractivity contribution in [2.75, 3.05) is 12.4 Å². The maximum absolute atomic E-state index is 12.8. The lowest BCUT2D eigenvalue weighted by molar-refractivity contribution is 0.132. The molecule has 5 unspecified atom stereocenters. The van der Waals surface area contributed by atoms with Crippen molar-refractivity contribution in [2.45, 2.75) is 42.8 Å². The Morgan fingerprint density at radius 2 is 1.70 bits per heavy atom. The molecule has 23 heavy (non-hydrogen) atoms. The van der Waals surface area contributed by atoms with E-state index in [-0.39, 0.29) is 41.3 Å². The number of ether oxygens (including phenoxy) is 1. The lowest BCUT2D eigenvalue weighted by Crippen LogP contribution is -2.31. The third-order valence-corrected chi connectivity index (χ3v) is 8.34. The van der Waals surface area contributed by atoms with Gasteiger partial charge in [0.15, 0.2) is 9.84 Å². The van der Waals surface area contributed by atoms with E-state index in [4.69, 9.17) is 4.74 Å². The Morgan fingerprint density at radius 1 is 1.13 bits per heavy atom. The summed E-state index contributed by atoms with van der Waals surface area (Å²) in [4.78, 5) is 0.379. The van der Waals surface area contributed by atoms with E-state index in [0.29, 0.717) is 10.8 Å². The highest BCUT2D eigenvalue weighted by molar-refractivity contribution is 7.91. The van der Waals surface area contributed by atoms with Crippen molar-refractivity contribution in [3.8, 4) is 0 Å². The van der Waals surface area contributed by atoms with Crippen LogP contribution in [0.4, 0.5) is 0 Å². The van der Waals surface area contributed by atoms with Crippen LogP contribution < -0.4 is 0 Å². The van der Waals surface area contributed by atoms with Crippen molar-refractivity contribution in [2.24, 2.45) is 23.7 Å². The van der Waals surface area contributed by atoms with Gasteiger partial charge in [0.1, 0.15) is 5.60 Å². The molecule has 5 heteroatoms. The summed E-state index contributed by atoms with van der Waals surface area (Å²) in [6.45, 7) is 4.25. The number of hydrogen-bond acceptors (Lipinski definition) is 4. The molecule has 2 aliphatic carbocycles. The first-order valence-electron chi connectivity index (χ1n) is 8.42. The molecule has 1 aromatic rings. The van der Waals surface area contributed by atoms with Gasteiger partial charge in [0.05, 0.1) is 16.2 Å². The molecule has 2 bridgehead atoms. The Morgan fingerprint density at radius 3 is 2.22 bits per heavy atom. The number of rotatable bonds is 4. The van der Waals surface area contributed by atoms with E-state index in [1.807, 2.05) is 6.07 Å². The predicted molar refractivity (Wildman–Crippen MR) is 86.7 cm³/mol. The molecular weight excluding hydrogens is 312 g/mol. The van der Waals surface area contributed by atoms with Crippen molar-refractivity contribution in [3.05, 3.63) is 30.3 Å². The molecule has 1 aliphatic heterocycles. The average molecular weight is 336 g/mol. The van der Waals surface area contributed by atoms with E-state index in [2.05, 4.69) is 13.8 Å². The van der Waals surface area contributed by atoms with Gasteiger partial charge in [-0.25, -0.2) is 8.42 Å². The molecule has 4 nitrogen and oxygen atoms in total. The first-order valence-corrected chi connectivity index (χ1v) is 10.1. The molecule has 0 radical (unpaired) electrons. The van der Waals surface area contributed by atoms with Crippen LogP contribution in [0, 0.1) is 23.7 Å². The quantitative estimate of drug-likeness (QED) is 0.857. The normalized spacial score (nSPS) is 40.7. The summed E-state index contributed by atoms with van der Waals surface area (Å²) >= 11 is 0. The van der Waals surface area contributed by atoms with E-state index in [1.54, 1.807) is 24.3 Å². The molecule has 1 spiro atoms. The van der Waals surface area contributed by atoms with Gasteiger partial charge >= 0.3 is 0 Å². The maximum Gasteiger partial charge on any atom is 0.178 e. The van der Waals surface area contributed by atoms with Crippen molar-refractivity contribution >= 4 is 9.84 Å². The number of hydrogen-bond donors (Lipinski definition) is 1. The minimum absolute atomic E-state index is 0.00858. The largest absolute Gasteiger partial charge is 0.396 e. The Bertz CT molecular complexity index is 712. The third kappa shape index (κ3) is 1.99. The minimum Gasteiger partial charge on any atom is -0.396 e. The molecule has 4 rings (SSSR count). The van der Waals surface area contributed by atoms with Crippen molar-refractivity contribution < 1.29 is 18.3 Å². The van der Waals surface area contributed by atoms with Crippen molar-refractivity contribution in [1.29, 1.82) is 0 Å². The topological polar surface area (TPSA) is 66.9 Å². The third-order valence-electron chi connectivity index (χ3n) is 6.52. The second kappa shape index (κ2) is 4.80. The molecule has 0 aromatic heterocycles. The van der Waals surface area contributed by atoms with Crippen LogP contribution in [0.2, 0.25) is 0 Å². The van der Waals surface area contributed by atoms with Gasteiger partial charge in [-0.2, -0.15) is 0 Å². The fourth-order valence-electron chi connectivity index (χ4n) is 5.64. The monoisotopic (exact) mass is 336 g/mol. The molecule has 3 fully saturated rings. The molecule has 3 aliphatic rings. The minimum atomic E-state index is -3.34. The van der Waals surface area contributed by atoms with Crippen LogP contribution in [-0.4, -0.2) is 37.1 Å². The Labute approximate surface area is 137 Å². The molecule has 2 saturated carbocycles. The highest BCUT2D eigenvalue weighted by Gasteiger charge is 2.79. The molecule has 1 N–H and O–H groups in total. The summed E-state index contributed by atoms with van der Waals surface area (Å²) in [5.74, 6) is 0.686. The number of aliphatic hydroxyl groups excluding tert-OH is 1. The zero-order valence-electron chi connectivity index (χ0n) is 13.6. The number of sulfone groups is 1. The molecule has 1 aromatic carbocycles. The standard InChI is InChI=1S/C18H24O4S/c1-17(2)18(22-17)15-8-9-16(18)14(13(15)10-19)11-23(20,21)12-6-4-3-5-7-12/h3-7,13-16,19H,8-11H2,1-2H3. The second-order valence-corrected chi connectivity index (χ2v) is 9.83. The van der Waals surface area contributed by atoms with Crippen molar-refractivity contribution in [3.63, 3.8) is 0 Å². The average Bonchev–Trinajstić information content (AvgIpc) is 2.81. The van der Waals surface area contributed by atoms with Crippen LogP contribution in [0.15, 0.2) is 35.2 Å². The van der Waals surface area contributed by atoms with E-state index in [0.717, 1.165) is 12.8 Å². The van der Waals surface area contributed by atoms with Crippen LogP contribution in [0.5, 0.6) is 0 Å². The smallest absolute Gasteiger partial charge is 0.178 e. The SMILES string of the molecule is CC1(C)OC12C1CCC2C(CS(=O)(=O)c2ccccc2)C1CO. The first kappa shape index (κ1) is 15.6. The molecule has 1 saturated heterocycles. The van der Waals surface area contributed by atoms with Gasteiger partial charge in [0.25, 0.3) is 0 Å². The summed E-state index contributed by atoms with van der Waals surface area (Å²) in [6, 6.07) is 8.65. The summed E-state index contributed by atoms with van der Waals surface area (Å²) in [7, 11) is -3.34. The van der Waals surface area contributed by atoms with Crippen molar-refractivity contribution in [1.82, 2.24) is 0 Å². The predicted octanol–water partition coefficient (Wildman–Crippen LogP) is 2.27. The zero-order chi connectivity index (χ0) is 16.5. The summed E-state index contributed by atoms with van der Waals surface area (Å²) < 4.78 is 31.7. The van der Waals surface area contributed by atoms with E-state index < -0.39 is 9.84 Å². The summed E-state index contributed by atoms with van der Waals surface area (Å²) in [6.07, 6.45) is 2.06. The lowest BCUT2D eigenvalue weighted by Gasteiger charge is -2.28. The fourth-order valence-corrected chi connectivity index (χ4v) is 7.40. The van der Waals surface area contributed by atoms with Gasteiger partial charge in [-0.05, 0) is 62.5 Å². The number of aliphatic hydroxyl groups is 1.